The Morgan fingerprint density at radius 1 is 1.56 bits per heavy atom. The van der Waals surface area contributed by atoms with E-state index in [1.807, 2.05) is 12.1 Å². The summed E-state index contributed by atoms with van der Waals surface area (Å²) in [6.45, 7) is 0.835. The number of benzene rings is 1. The second-order valence-corrected chi connectivity index (χ2v) is 5.94. The number of anilines is 1. The number of hydrogen-bond donors (Lipinski definition) is 1. The van der Waals surface area contributed by atoms with Crippen LogP contribution < -0.4 is 5.32 Å². The highest BCUT2D eigenvalue weighted by molar-refractivity contribution is 14.1. The molecule has 1 saturated heterocycles. The molecular formula is C13H15ClINO2. The van der Waals surface area contributed by atoms with Crippen molar-refractivity contribution in [2.75, 3.05) is 11.9 Å². The third-order valence-corrected chi connectivity index (χ3v) is 4.05. The number of rotatable bonds is 4. The topological polar surface area (TPSA) is 38.3 Å². The van der Waals surface area contributed by atoms with Crippen molar-refractivity contribution in [1.82, 2.24) is 0 Å². The minimum atomic E-state index is 0.0331. The van der Waals surface area contributed by atoms with E-state index in [9.17, 15) is 4.79 Å². The number of carbonyl (C=O) groups is 1. The number of carbonyl (C=O) groups excluding carboxylic acids is 1. The van der Waals surface area contributed by atoms with Crippen molar-refractivity contribution in [3.8, 4) is 0 Å². The first-order valence-corrected chi connectivity index (χ1v) is 7.47. The maximum absolute atomic E-state index is 11.8. The molecule has 0 bridgehead atoms. The Balaban J connectivity index is 1.82. The molecule has 18 heavy (non-hydrogen) atoms. The molecule has 1 heterocycles. The van der Waals surface area contributed by atoms with Crippen LogP contribution in [0.1, 0.15) is 25.7 Å². The predicted molar refractivity (Wildman–Crippen MR) is 81.0 cm³/mol. The third-order valence-electron chi connectivity index (χ3n) is 2.92. The number of hydrogen-bond acceptors (Lipinski definition) is 2. The zero-order chi connectivity index (χ0) is 13.0. The molecule has 1 aliphatic heterocycles. The van der Waals surface area contributed by atoms with Crippen molar-refractivity contribution in [2.45, 2.75) is 31.8 Å². The maximum Gasteiger partial charge on any atom is 0.224 e. The van der Waals surface area contributed by atoms with Crippen LogP contribution in [0.2, 0.25) is 5.02 Å². The van der Waals surface area contributed by atoms with E-state index in [4.69, 9.17) is 16.3 Å². The van der Waals surface area contributed by atoms with Crippen LogP contribution in [0, 0.1) is 3.57 Å². The molecule has 0 radical (unpaired) electrons. The van der Waals surface area contributed by atoms with Crippen molar-refractivity contribution in [3.63, 3.8) is 0 Å². The lowest BCUT2D eigenvalue weighted by atomic mass is 10.1. The molecule has 1 aliphatic rings. The minimum absolute atomic E-state index is 0.0331. The van der Waals surface area contributed by atoms with Crippen LogP contribution in [0.3, 0.4) is 0 Å². The second-order valence-electron chi connectivity index (χ2n) is 4.35. The molecule has 1 aromatic carbocycles. The van der Waals surface area contributed by atoms with Crippen molar-refractivity contribution < 1.29 is 9.53 Å². The van der Waals surface area contributed by atoms with Gasteiger partial charge in [-0.1, -0.05) is 11.6 Å². The number of nitrogens with one attached hydrogen (secondary N) is 1. The van der Waals surface area contributed by atoms with Crippen LogP contribution in [-0.4, -0.2) is 18.6 Å². The number of halogens is 2. The highest BCUT2D eigenvalue weighted by Gasteiger charge is 2.16. The fraction of sp³-hybridized carbons (Fsp3) is 0.462. The minimum Gasteiger partial charge on any atom is -0.378 e. The maximum atomic E-state index is 11.8. The Kier molecular flexibility index (Phi) is 5.26. The van der Waals surface area contributed by atoms with Gasteiger partial charge < -0.3 is 10.1 Å². The third kappa shape index (κ3) is 4.10. The van der Waals surface area contributed by atoms with Crippen LogP contribution in [0.15, 0.2) is 18.2 Å². The van der Waals surface area contributed by atoms with Gasteiger partial charge in [-0.25, -0.2) is 0 Å². The average Bonchev–Trinajstić information content (AvgIpc) is 2.83. The first-order chi connectivity index (χ1) is 8.65. The fourth-order valence-corrected chi connectivity index (χ4v) is 2.97. The van der Waals surface area contributed by atoms with Crippen molar-refractivity contribution in [1.29, 1.82) is 0 Å². The Morgan fingerprint density at radius 3 is 3.06 bits per heavy atom. The summed E-state index contributed by atoms with van der Waals surface area (Å²) in [5.74, 6) is 0.0331. The summed E-state index contributed by atoms with van der Waals surface area (Å²) in [6.07, 6.45) is 3.76. The second kappa shape index (κ2) is 6.73. The quantitative estimate of drug-likeness (QED) is 0.807. The molecule has 0 aromatic heterocycles. The molecule has 0 aliphatic carbocycles. The molecule has 0 saturated carbocycles. The highest BCUT2D eigenvalue weighted by atomic mass is 127. The lowest BCUT2D eigenvalue weighted by molar-refractivity contribution is -0.116. The molecule has 98 valence electrons. The Bertz CT molecular complexity index is 433. The summed E-state index contributed by atoms with van der Waals surface area (Å²) in [7, 11) is 0. The first-order valence-electron chi connectivity index (χ1n) is 6.01. The van der Waals surface area contributed by atoms with Gasteiger partial charge in [0, 0.05) is 21.6 Å². The van der Waals surface area contributed by atoms with E-state index in [0.29, 0.717) is 11.4 Å². The van der Waals surface area contributed by atoms with Gasteiger partial charge in [0.15, 0.2) is 0 Å². The largest absolute Gasteiger partial charge is 0.378 e. The molecule has 2 rings (SSSR count). The van der Waals surface area contributed by atoms with Crippen molar-refractivity contribution in [3.05, 3.63) is 26.8 Å². The highest BCUT2D eigenvalue weighted by Crippen LogP contribution is 2.23. The molecule has 1 atom stereocenters. The van der Waals surface area contributed by atoms with E-state index in [2.05, 4.69) is 27.9 Å². The summed E-state index contributed by atoms with van der Waals surface area (Å²) in [5.41, 5.74) is 0.817. The molecular weight excluding hydrogens is 365 g/mol. The van der Waals surface area contributed by atoms with E-state index < -0.39 is 0 Å². The molecule has 1 N–H and O–H groups in total. The number of amides is 1. The normalized spacial score (nSPS) is 18.9. The predicted octanol–water partition coefficient (Wildman–Crippen LogP) is 3.84. The van der Waals surface area contributed by atoms with Crippen LogP contribution in [0.5, 0.6) is 0 Å². The van der Waals surface area contributed by atoms with Gasteiger partial charge >= 0.3 is 0 Å². The summed E-state index contributed by atoms with van der Waals surface area (Å²) >= 11 is 8.03. The standard InChI is InChI=1S/C13H15ClINO2/c14-9-3-5-12(11(15)8-9)16-13(17)6-4-10-2-1-7-18-10/h3,5,8,10H,1-2,4,6-7H2,(H,16,17). The molecule has 1 amide bonds. The van der Waals surface area contributed by atoms with Crippen LogP contribution in [0.4, 0.5) is 5.69 Å². The molecule has 1 unspecified atom stereocenters. The molecule has 0 spiro atoms. The first kappa shape index (κ1) is 14.1. The zero-order valence-corrected chi connectivity index (χ0v) is 12.8. The van der Waals surface area contributed by atoms with E-state index in [-0.39, 0.29) is 12.0 Å². The van der Waals surface area contributed by atoms with Crippen LogP contribution >= 0.6 is 34.2 Å². The molecule has 1 fully saturated rings. The Hall–Kier alpha value is -0.330. The van der Waals surface area contributed by atoms with E-state index in [0.717, 1.165) is 35.1 Å². The summed E-state index contributed by atoms with van der Waals surface area (Å²) < 4.78 is 6.44. The average molecular weight is 380 g/mol. The van der Waals surface area contributed by atoms with Gasteiger partial charge in [-0.2, -0.15) is 0 Å². The van der Waals surface area contributed by atoms with Gasteiger partial charge in [-0.15, -0.1) is 0 Å². The van der Waals surface area contributed by atoms with Gasteiger partial charge in [0.05, 0.1) is 11.8 Å². The van der Waals surface area contributed by atoms with Gasteiger partial charge in [0.25, 0.3) is 0 Å². The van der Waals surface area contributed by atoms with Crippen LogP contribution in [-0.2, 0) is 9.53 Å². The van der Waals surface area contributed by atoms with Crippen molar-refractivity contribution >= 4 is 45.8 Å². The zero-order valence-electron chi connectivity index (χ0n) is 9.92. The van der Waals surface area contributed by atoms with Gasteiger partial charge in [0.1, 0.15) is 0 Å². The van der Waals surface area contributed by atoms with E-state index in [1.165, 1.54) is 0 Å². The van der Waals surface area contributed by atoms with E-state index >= 15 is 0 Å². The summed E-state index contributed by atoms with van der Waals surface area (Å²) in [6, 6.07) is 5.44. The fourth-order valence-electron chi connectivity index (χ4n) is 1.97. The van der Waals surface area contributed by atoms with Gasteiger partial charge in [0.2, 0.25) is 5.91 Å². The summed E-state index contributed by atoms with van der Waals surface area (Å²) in [4.78, 5) is 11.8. The van der Waals surface area contributed by atoms with Gasteiger partial charge in [-0.3, -0.25) is 4.79 Å². The van der Waals surface area contributed by atoms with Crippen LogP contribution in [0.25, 0.3) is 0 Å². The number of ether oxygens (including phenoxy) is 1. The van der Waals surface area contributed by atoms with Crippen molar-refractivity contribution in [2.24, 2.45) is 0 Å². The lowest BCUT2D eigenvalue weighted by Gasteiger charge is -2.10. The Morgan fingerprint density at radius 2 is 2.39 bits per heavy atom. The SMILES string of the molecule is O=C(CCC1CCCO1)Nc1ccc(Cl)cc1I. The molecule has 1 aromatic rings. The smallest absolute Gasteiger partial charge is 0.224 e. The molecule has 3 nitrogen and oxygen atoms in total. The molecule has 5 heteroatoms. The Labute approximate surface area is 125 Å². The lowest BCUT2D eigenvalue weighted by Crippen LogP contribution is -2.15. The summed E-state index contributed by atoms with van der Waals surface area (Å²) in [5, 5.41) is 3.58. The van der Waals surface area contributed by atoms with Gasteiger partial charge in [-0.05, 0) is 60.1 Å². The monoisotopic (exact) mass is 379 g/mol. The van der Waals surface area contributed by atoms with E-state index in [1.54, 1.807) is 6.07 Å².